The maximum absolute atomic E-state index is 12.5. The average Bonchev–Trinajstić information content (AvgIpc) is 2.65. The zero-order chi connectivity index (χ0) is 19.0. The lowest BCUT2D eigenvalue weighted by Gasteiger charge is -2.27. The number of fused-ring (bicyclic) bond motifs is 2. The molecule has 1 N–H and O–H groups in total. The Morgan fingerprint density at radius 3 is 2.85 bits per heavy atom. The van der Waals surface area contributed by atoms with Crippen LogP contribution in [-0.2, 0) is 9.59 Å². The first-order chi connectivity index (χ1) is 13.0. The second kappa shape index (κ2) is 6.49. The Morgan fingerprint density at radius 1 is 1.15 bits per heavy atom. The number of amides is 4. The number of aliphatic imine (C=N–C) groups is 1. The summed E-state index contributed by atoms with van der Waals surface area (Å²) in [5.74, 6) is -1.67. The van der Waals surface area contributed by atoms with Crippen LogP contribution < -0.4 is 10.9 Å². The van der Waals surface area contributed by atoms with E-state index in [2.05, 4.69) is 10.3 Å². The van der Waals surface area contributed by atoms with Crippen molar-refractivity contribution in [1.29, 1.82) is 0 Å². The van der Waals surface area contributed by atoms with E-state index in [4.69, 9.17) is 4.42 Å². The van der Waals surface area contributed by atoms with E-state index >= 15 is 0 Å². The lowest BCUT2D eigenvalue weighted by Crippen LogP contribution is -2.48. The van der Waals surface area contributed by atoms with Gasteiger partial charge in [0.05, 0.1) is 11.6 Å². The summed E-state index contributed by atoms with van der Waals surface area (Å²) in [5, 5.41) is 3.25. The number of urea groups is 1. The molecule has 4 amide bonds. The summed E-state index contributed by atoms with van der Waals surface area (Å²) in [4.78, 5) is 52.8. The third-order valence-corrected chi connectivity index (χ3v) is 4.19. The van der Waals surface area contributed by atoms with Crippen LogP contribution in [0.2, 0.25) is 0 Å². The van der Waals surface area contributed by atoms with E-state index in [9.17, 15) is 19.2 Å². The molecule has 1 unspecified atom stereocenters. The molecule has 2 heterocycles. The largest absolute Gasteiger partial charge is 0.423 e. The van der Waals surface area contributed by atoms with Crippen LogP contribution in [0.1, 0.15) is 0 Å². The van der Waals surface area contributed by atoms with E-state index in [0.29, 0.717) is 22.4 Å². The van der Waals surface area contributed by atoms with Crippen LogP contribution in [0.4, 0.5) is 10.5 Å². The molecule has 0 spiro atoms. The minimum atomic E-state index is -0.762. The van der Waals surface area contributed by atoms with Crippen molar-refractivity contribution < 1.29 is 18.8 Å². The predicted molar refractivity (Wildman–Crippen MR) is 97.4 cm³/mol. The van der Waals surface area contributed by atoms with E-state index in [-0.39, 0.29) is 0 Å². The van der Waals surface area contributed by atoms with Crippen molar-refractivity contribution in [3.05, 3.63) is 65.1 Å². The maximum Gasteiger partial charge on any atom is 0.351 e. The first-order valence-corrected chi connectivity index (χ1v) is 8.14. The smallest absolute Gasteiger partial charge is 0.351 e. The number of rotatable bonds is 3. The number of nitrogens with one attached hydrogen (secondary N) is 1. The van der Waals surface area contributed by atoms with Gasteiger partial charge in [-0.3, -0.25) is 14.5 Å². The van der Waals surface area contributed by atoms with E-state index in [0.717, 1.165) is 4.90 Å². The van der Waals surface area contributed by atoms with Crippen molar-refractivity contribution in [3.63, 3.8) is 0 Å². The number of imide groups is 1. The molecule has 27 heavy (non-hydrogen) atoms. The average molecular weight is 363 g/mol. The molecular formula is C19H13N3O5. The Balaban J connectivity index is 1.50. The molecule has 4 rings (SSSR count). The molecule has 0 radical (unpaired) electrons. The number of hydrogen-bond acceptors (Lipinski definition) is 5. The van der Waals surface area contributed by atoms with Gasteiger partial charge < -0.3 is 9.73 Å². The number of carbonyl (C=O) groups excluding carboxylic acids is 3. The van der Waals surface area contributed by atoms with E-state index in [1.54, 1.807) is 48.6 Å². The Morgan fingerprint density at radius 2 is 2.00 bits per heavy atom. The van der Waals surface area contributed by atoms with Crippen LogP contribution in [0.3, 0.4) is 0 Å². The highest BCUT2D eigenvalue weighted by Gasteiger charge is 2.36. The summed E-state index contributed by atoms with van der Waals surface area (Å²) in [6.45, 7) is -0.440. The Kier molecular flexibility index (Phi) is 4.00. The molecule has 0 saturated carbocycles. The van der Waals surface area contributed by atoms with Crippen LogP contribution in [-0.4, -0.2) is 35.0 Å². The molecule has 0 saturated heterocycles. The zero-order valence-corrected chi connectivity index (χ0v) is 13.9. The maximum atomic E-state index is 12.5. The molecule has 1 aromatic heterocycles. The molecular weight excluding hydrogens is 350 g/mol. The monoisotopic (exact) mass is 363 g/mol. The van der Waals surface area contributed by atoms with Gasteiger partial charge in [-0.1, -0.05) is 18.2 Å². The standard InChI is InChI=1S/C19H13N3O5/c23-16(20-12-6-7-15-11(9-12)5-8-17(24)27-15)10-22-18(25)13-3-1-2-4-14(13)21-19(22)26/h1-9,13H,10H2,(H,20,23). The first-order valence-electron chi connectivity index (χ1n) is 8.14. The molecule has 2 aromatic rings. The molecule has 1 aliphatic carbocycles. The minimum Gasteiger partial charge on any atom is -0.423 e. The van der Waals surface area contributed by atoms with Crippen molar-refractivity contribution in [2.45, 2.75) is 0 Å². The number of carbonyl (C=O) groups is 3. The Bertz CT molecular complexity index is 1130. The molecule has 1 aliphatic heterocycles. The molecule has 2 aliphatic rings. The van der Waals surface area contributed by atoms with Crippen LogP contribution >= 0.6 is 0 Å². The number of anilines is 1. The van der Waals surface area contributed by atoms with Crippen molar-refractivity contribution in [2.24, 2.45) is 10.9 Å². The van der Waals surface area contributed by atoms with Crippen LogP contribution in [0.5, 0.6) is 0 Å². The Labute approximate surface area is 152 Å². The fraction of sp³-hybridized carbons (Fsp3) is 0.105. The van der Waals surface area contributed by atoms with E-state index in [1.165, 1.54) is 6.07 Å². The summed E-state index contributed by atoms with van der Waals surface area (Å²) in [6.07, 6.45) is 6.63. The van der Waals surface area contributed by atoms with Gasteiger partial charge in [-0.15, -0.1) is 0 Å². The van der Waals surface area contributed by atoms with Crippen LogP contribution in [0.25, 0.3) is 11.0 Å². The number of allylic oxidation sites excluding steroid dienone is 3. The first kappa shape index (κ1) is 16.6. The van der Waals surface area contributed by atoms with Crippen molar-refractivity contribution in [3.8, 4) is 0 Å². The quantitative estimate of drug-likeness (QED) is 0.838. The van der Waals surface area contributed by atoms with Gasteiger partial charge in [0.25, 0.3) is 0 Å². The van der Waals surface area contributed by atoms with Crippen LogP contribution in [0.15, 0.2) is 68.8 Å². The molecule has 0 bridgehead atoms. The van der Waals surface area contributed by atoms with Crippen molar-refractivity contribution in [2.75, 3.05) is 11.9 Å². The zero-order valence-electron chi connectivity index (χ0n) is 13.9. The number of benzene rings is 1. The molecule has 1 aromatic carbocycles. The van der Waals surface area contributed by atoms with Crippen molar-refractivity contribution >= 4 is 40.2 Å². The number of hydrogen-bond donors (Lipinski definition) is 1. The van der Waals surface area contributed by atoms with Gasteiger partial charge >= 0.3 is 11.7 Å². The van der Waals surface area contributed by atoms with Gasteiger partial charge in [0.15, 0.2) is 0 Å². The van der Waals surface area contributed by atoms with Gasteiger partial charge in [0.2, 0.25) is 11.8 Å². The molecule has 1 atom stereocenters. The molecule has 0 fully saturated rings. The van der Waals surface area contributed by atoms with Gasteiger partial charge in [0.1, 0.15) is 12.1 Å². The summed E-state index contributed by atoms with van der Waals surface area (Å²) in [6, 6.07) is 6.84. The predicted octanol–water partition coefficient (Wildman–Crippen LogP) is 1.88. The fourth-order valence-electron chi connectivity index (χ4n) is 2.92. The molecule has 8 heteroatoms. The summed E-state index contributed by atoms with van der Waals surface area (Å²) in [7, 11) is 0. The van der Waals surface area contributed by atoms with Gasteiger partial charge in [-0.2, -0.15) is 4.99 Å². The minimum absolute atomic E-state index is 0.375. The fourth-order valence-corrected chi connectivity index (χ4v) is 2.92. The SMILES string of the molecule is O=C(CN1C(=O)N=C2C=CC=CC2C1=O)Nc1ccc2oc(=O)ccc2c1. The molecule has 8 nitrogen and oxygen atoms in total. The lowest BCUT2D eigenvalue weighted by molar-refractivity contribution is -0.132. The summed E-state index contributed by atoms with van der Waals surface area (Å²) >= 11 is 0. The van der Waals surface area contributed by atoms with Crippen molar-refractivity contribution in [1.82, 2.24) is 4.90 Å². The third-order valence-electron chi connectivity index (χ3n) is 4.19. The highest BCUT2D eigenvalue weighted by molar-refractivity contribution is 6.22. The van der Waals surface area contributed by atoms with Gasteiger partial charge in [-0.05, 0) is 30.3 Å². The Hall–Kier alpha value is -3.81. The highest BCUT2D eigenvalue weighted by atomic mass is 16.4. The highest BCUT2D eigenvalue weighted by Crippen LogP contribution is 2.20. The molecule has 134 valence electrons. The second-order valence-electron chi connectivity index (χ2n) is 6.02. The van der Waals surface area contributed by atoms with E-state index in [1.807, 2.05) is 0 Å². The lowest BCUT2D eigenvalue weighted by atomic mass is 9.95. The normalized spacial score (nSPS) is 18.4. The topological polar surface area (TPSA) is 109 Å². The van der Waals surface area contributed by atoms with Gasteiger partial charge in [0, 0.05) is 17.1 Å². The number of nitrogens with zero attached hydrogens (tertiary/aromatic N) is 2. The summed E-state index contributed by atoms with van der Waals surface area (Å²) in [5.41, 5.74) is 0.747. The van der Waals surface area contributed by atoms with Crippen LogP contribution in [0, 0.1) is 5.92 Å². The van der Waals surface area contributed by atoms with E-state index < -0.39 is 35.9 Å². The second-order valence-corrected chi connectivity index (χ2v) is 6.02. The summed E-state index contributed by atoms with van der Waals surface area (Å²) < 4.78 is 5.03. The van der Waals surface area contributed by atoms with Gasteiger partial charge in [-0.25, -0.2) is 9.59 Å². The third kappa shape index (κ3) is 3.20.